The maximum atomic E-state index is 13.6. The van der Waals surface area contributed by atoms with Crippen molar-refractivity contribution in [2.45, 2.75) is 223 Å². The van der Waals surface area contributed by atoms with Gasteiger partial charge in [0.15, 0.2) is 28.9 Å². The number of ketones is 5. The maximum absolute atomic E-state index is 13.6. The second-order valence-electron chi connectivity index (χ2n) is 32.5. The van der Waals surface area contributed by atoms with Crippen molar-refractivity contribution in [1.82, 2.24) is 29.7 Å². The van der Waals surface area contributed by atoms with Crippen LogP contribution in [0.1, 0.15) is 174 Å². The Balaban J connectivity index is 0.000000288. The van der Waals surface area contributed by atoms with Gasteiger partial charge in [-0.2, -0.15) is 0 Å². The van der Waals surface area contributed by atoms with Gasteiger partial charge in [0.05, 0.1) is 97.3 Å². The third-order valence-corrected chi connectivity index (χ3v) is 23.1. The SMILES string of the molecule is CCCOCC(=O)C[C@H](C(=O)N1C[C@H](O)C[C@H]1C(=O)CCc1ccc(-c2scnc2C)cc1)C(C)(C)C.CCCOCC(=O)O.Cc1ncsc1-c1ccc(CCC(=O)[C@@H]2C[C@@H](O)CN2C(=O)[C@@H](CC(=O)COCCN)C(C)(C)C)cc1.Cc1ncsc1-c1ccc(CCC(=O)[C@@H]2C[C@@H](O)CN2C(=O)[C@@H](N)C(C)(C)C)cc1.Cl. The number of aliphatic hydroxyl groups excluding tert-OH is 3. The zero-order valence-corrected chi connectivity index (χ0v) is 71.5. The monoisotopic (exact) mass is 1640 g/mol. The van der Waals surface area contributed by atoms with Gasteiger partial charge in [0.25, 0.3) is 0 Å². The van der Waals surface area contributed by atoms with Crippen LogP contribution in [0, 0.1) is 48.9 Å². The molecule has 3 aromatic heterocycles. The molecule has 3 aliphatic heterocycles. The number of aromatic nitrogens is 3. The van der Waals surface area contributed by atoms with E-state index in [0.29, 0.717) is 45.4 Å². The molecule has 8 N–H and O–H groups in total. The summed E-state index contributed by atoms with van der Waals surface area (Å²) in [6.07, 6.45) is 2.90. The average molecular weight is 1640 g/mol. The van der Waals surface area contributed by atoms with Crippen LogP contribution in [-0.2, 0) is 76.6 Å². The molecule has 0 saturated carbocycles. The number of carboxylic acid groups (broad SMARTS) is 1. The molecular weight excluding hydrogens is 1520 g/mol. The highest BCUT2D eigenvalue weighted by atomic mass is 35.5. The average Bonchev–Trinajstić information content (AvgIpc) is 1.75. The largest absolute Gasteiger partial charge is 0.480 e. The molecule has 24 nitrogen and oxygen atoms in total. The van der Waals surface area contributed by atoms with Crippen LogP contribution in [0.2, 0.25) is 0 Å². The van der Waals surface area contributed by atoms with Crippen LogP contribution >= 0.6 is 46.4 Å². The van der Waals surface area contributed by atoms with E-state index in [0.717, 1.165) is 77.9 Å². The number of carbonyl (C=O) groups excluding carboxylic acids is 8. The number of aliphatic hydroxyl groups is 3. The lowest BCUT2D eigenvalue weighted by molar-refractivity contribution is -0.146. The van der Waals surface area contributed by atoms with E-state index >= 15 is 0 Å². The Labute approximate surface area is 685 Å². The Morgan fingerprint density at radius 2 is 0.761 bits per heavy atom. The number of halogens is 1. The summed E-state index contributed by atoms with van der Waals surface area (Å²) >= 11 is 4.82. The van der Waals surface area contributed by atoms with Gasteiger partial charge in [-0.25, -0.2) is 19.7 Å². The molecule has 3 aromatic carbocycles. The number of ether oxygens (including phenoxy) is 3. The van der Waals surface area contributed by atoms with E-state index in [1.807, 2.05) is 174 Å². The van der Waals surface area contributed by atoms with E-state index in [9.17, 15) is 58.5 Å². The normalized spacial score (nSPS) is 18.3. The van der Waals surface area contributed by atoms with Crippen molar-refractivity contribution in [2.75, 3.05) is 65.8 Å². The summed E-state index contributed by atoms with van der Waals surface area (Å²) in [5, 5.41) is 38.8. The van der Waals surface area contributed by atoms with Crippen LogP contribution < -0.4 is 11.5 Å². The van der Waals surface area contributed by atoms with Crippen molar-refractivity contribution in [1.29, 1.82) is 0 Å². The fourth-order valence-electron chi connectivity index (χ4n) is 13.5. The first-order valence-corrected chi connectivity index (χ1v) is 41.5. The molecule has 6 aromatic rings. The molecule has 9 rings (SSSR count). The van der Waals surface area contributed by atoms with Crippen molar-refractivity contribution < 1.29 is 77.8 Å². The number of β-amino-alcohol motifs (C(OH)–C–C–N with tert-alkyl or cyclic N) is 3. The number of hydrogen-bond donors (Lipinski definition) is 6. The number of thiazole rings is 3. The Morgan fingerprint density at radius 1 is 0.469 bits per heavy atom. The number of carbonyl (C=O) groups is 9. The van der Waals surface area contributed by atoms with E-state index in [1.54, 1.807) is 34.0 Å². The lowest BCUT2D eigenvalue weighted by atomic mass is 9.76. The van der Waals surface area contributed by atoms with E-state index in [2.05, 4.69) is 31.8 Å². The highest BCUT2D eigenvalue weighted by molar-refractivity contribution is 7.14. The summed E-state index contributed by atoms with van der Waals surface area (Å²) < 4.78 is 15.3. The zero-order valence-electron chi connectivity index (χ0n) is 68.3. The van der Waals surface area contributed by atoms with Crippen LogP contribution in [0.5, 0.6) is 0 Å². The number of aryl methyl sites for hydroxylation is 6. The number of likely N-dealkylation sites (tertiary alicyclic amines) is 3. The summed E-state index contributed by atoms with van der Waals surface area (Å²) in [6, 6.07) is 21.8. The minimum atomic E-state index is -0.904. The molecule has 3 aliphatic rings. The predicted octanol–water partition coefficient (Wildman–Crippen LogP) is 11.7. The van der Waals surface area contributed by atoms with Crippen molar-refractivity contribution in [3.63, 3.8) is 0 Å². The second-order valence-corrected chi connectivity index (χ2v) is 35.0. The Kier molecular flexibility index (Phi) is 39.1. The number of carboxylic acids is 1. The molecule has 0 spiro atoms. The third kappa shape index (κ3) is 29.8. The van der Waals surface area contributed by atoms with Gasteiger partial charge in [0.2, 0.25) is 17.7 Å². The number of benzene rings is 3. The summed E-state index contributed by atoms with van der Waals surface area (Å²) in [5.41, 5.74) is 25.1. The molecule has 0 aliphatic carbocycles. The molecule has 9 atom stereocenters. The number of aliphatic carboxylic acids is 1. The summed E-state index contributed by atoms with van der Waals surface area (Å²) in [7, 11) is 0. The van der Waals surface area contributed by atoms with E-state index in [-0.39, 0.29) is 150 Å². The number of hydrogen-bond acceptors (Lipinski definition) is 23. The quantitative estimate of drug-likeness (QED) is 0.0204. The molecule has 28 heteroatoms. The molecule has 3 amide bonds. The van der Waals surface area contributed by atoms with Crippen LogP contribution in [-0.4, -0.2) is 211 Å². The van der Waals surface area contributed by atoms with Gasteiger partial charge in [-0.05, 0) is 103 Å². The zero-order chi connectivity index (χ0) is 82.8. The van der Waals surface area contributed by atoms with E-state index in [4.69, 9.17) is 26.0 Å². The van der Waals surface area contributed by atoms with E-state index < -0.39 is 76.5 Å². The Bertz CT molecular complexity index is 3860. The minimum absolute atomic E-state index is 0. The summed E-state index contributed by atoms with van der Waals surface area (Å²) in [4.78, 5) is 135. The molecular formula is C85H121ClN8O16S3. The highest BCUT2D eigenvalue weighted by Gasteiger charge is 2.47. The predicted molar refractivity (Wildman–Crippen MR) is 445 cm³/mol. The molecule has 113 heavy (non-hydrogen) atoms. The van der Waals surface area contributed by atoms with Crippen LogP contribution in [0.3, 0.4) is 0 Å². The standard InChI is InChI=1S/C29H40N2O5S.C28H39N3O5S.C23H31N3O3S.C5H10O3.ClH/c1-6-13-36-17-23(33)14-24(29(3,4)5)28(35)31-16-22(32)15-25(31)26(34)12-9-20-7-10-21(11-8-20)27-19(2)30-18-37-27;1-18-26(37-17-30-18)20-8-5-19(6-9-20)7-10-25(34)24-14-21(32)15-31(24)27(35)23(28(2,3)4)13-22(33)16-36-12-11-29;1-14-20(30-13-25-14)16-8-5-15(6-9-16)7-10-19(28)18-11-17(27)12-26(18)22(29)21(24)23(2,3)4;1-2-3-8-4-5(6)7;/h7-8,10-11,18,22,24-25,32H,6,9,12-17H2,1-5H3;5-6,8-9,17,21,23-24,32H,7,10-16,29H2,1-4H3;5-6,8-9,13,17-18,21,27H,7,10-12,24H2,1-4H3;2-4H2,1H3,(H,6,7);1H/t22-,24-,25+;21-,23-,24+;17-,18+,21-;;/m111../s1. The summed E-state index contributed by atoms with van der Waals surface area (Å²) in [6.45, 7) is 28.8. The number of nitrogens with two attached hydrogens (primary N) is 2. The smallest absolute Gasteiger partial charge is 0.329 e. The van der Waals surface area contributed by atoms with Crippen LogP contribution in [0.25, 0.3) is 31.3 Å². The molecule has 0 unspecified atom stereocenters. The first kappa shape index (κ1) is 96.3. The van der Waals surface area contributed by atoms with Gasteiger partial charge in [0.1, 0.15) is 19.8 Å². The fraction of sp³-hybridized carbons (Fsp3) is 0.576. The Hall–Kier alpha value is -7.25. The van der Waals surface area contributed by atoms with Crippen LogP contribution in [0.4, 0.5) is 0 Å². The van der Waals surface area contributed by atoms with Gasteiger partial charge < -0.3 is 60.8 Å². The molecule has 3 fully saturated rings. The number of amides is 3. The van der Waals surface area contributed by atoms with Gasteiger partial charge >= 0.3 is 5.97 Å². The molecule has 622 valence electrons. The molecule has 0 radical (unpaired) electrons. The molecule has 6 heterocycles. The lowest BCUT2D eigenvalue weighted by Gasteiger charge is -2.34. The minimum Gasteiger partial charge on any atom is -0.480 e. The summed E-state index contributed by atoms with van der Waals surface area (Å²) in [5.74, 6) is -3.34. The Morgan fingerprint density at radius 3 is 1.02 bits per heavy atom. The first-order valence-electron chi connectivity index (χ1n) is 38.8. The molecule has 0 bridgehead atoms. The fourth-order valence-corrected chi connectivity index (χ4v) is 16.0. The maximum Gasteiger partial charge on any atom is 0.329 e. The van der Waals surface area contributed by atoms with Crippen molar-refractivity contribution in [2.24, 2.45) is 39.5 Å². The van der Waals surface area contributed by atoms with Crippen molar-refractivity contribution >= 4 is 99.0 Å². The number of nitrogens with zero attached hydrogens (tertiary/aromatic N) is 6. The molecule has 3 saturated heterocycles. The second kappa shape index (κ2) is 45.9. The third-order valence-electron chi connectivity index (χ3n) is 20.1. The number of Topliss-reactive ketones (excluding diaryl/α,β-unsaturated/α-hetero) is 5. The topological polar surface area (TPSA) is 363 Å². The first-order chi connectivity index (χ1) is 52.9. The van der Waals surface area contributed by atoms with Crippen LogP contribution in [0.15, 0.2) is 89.3 Å². The van der Waals surface area contributed by atoms with Gasteiger partial charge in [0, 0.05) is 103 Å². The van der Waals surface area contributed by atoms with Gasteiger partial charge in [-0.15, -0.1) is 46.4 Å². The van der Waals surface area contributed by atoms with Gasteiger partial charge in [-0.1, -0.05) is 149 Å². The number of rotatable bonds is 34. The highest BCUT2D eigenvalue weighted by Crippen LogP contribution is 2.38. The van der Waals surface area contributed by atoms with E-state index in [1.165, 1.54) is 14.7 Å². The lowest BCUT2D eigenvalue weighted by Crippen LogP contribution is -2.53. The van der Waals surface area contributed by atoms with Crippen molar-refractivity contribution in [3.8, 4) is 31.3 Å². The van der Waals surface area contributed by atoms with Crippen molar-refractivity contribution in [3.05, 3.63) is 123 Å². The van der Waals surface area contributed by atoms with Gasteiger partial charge in [-0.3, -0.25) is 38.4 Å².